The summed E-state index contributed by atoms with van der Waals surface area (Å²) in [6.07, 6.45) is 6.13. The monoisotopic (exact) mass is 379 g/mol. The molecule has 3 N–H and O–H groups in total. The van der Waals surface area contributed by atoms with Crippen LogP contribution in [0.1, 0.15) is 48.9 Å². The van der Waals surface area contributed by atoms with Gasteiger partial charge in [-0.3, -0.25) is 14.5 Å². The van der Waals surface area contributed by atoms with Crippen LogP contribution >= 0.6 is 11.6 Å². The number of hydrogen-bond donors (Lipinski definition) is 2. The van der Waals surface area contributed by atoms with Crippen molar-refractivity contribution in [1.29, 1.82) is 0 Å². The Kier molecular flexibility index (Phi) is 6.38. The lowest BCUT2D eigenvalue weighted by Crippen LogP contribution is -2.42. The molecule has 1 heterocycles. The zero-order valence-corrected chi connectivity index (χ0v) is 15.6. The van der Waals surface area contributed by atoms with Gasteiger partial charge in [-0.05, 0) is 43.9 Å². The maximum absolute atomic E-state index is 12.3. The third kappa shape index (κ3) is 5.11. The second-order valence-corrected chi connectivity index (χ2v) is 7.57. The number of amides is 2. The molecule has 142 valence electrons. The van der Waals surface area contributed by atoms with Crippen molar-refractivity contribution in [1.82, 2.24) is 10.2 Å². The van der Waals surface area contributed by atoms with E-state index in [4.69, 9.17) is 22.1 Å². The topological polar surface area (TPSA) is 84.7 Å². The summed E-state index contributed by atoms with van der Waals surface area (Å²) in [6.45, 7) is 1.83. The number of carbonyl (C=O) groups excluding carboxylic acids is 2. The van der Waals surface area contributed by atoms with Crippen LogP contribution in [0.15, 0.2) is 18.2 Å². The summed E-state index contributed by atoms with van der Waals surface area (Å²) < 4.78 is 6.00. The van der Waals surface area contributed by atoms with Gasteiger partial charge in [0.1, 0.15) is 11.9 Å². The van der Waals surface area contributed by atoms with E-state index in [1.807, 2.05) is 4.90 Å². The normalized spacial score (nSPS) is 19.4. The smallest absolute Gasteiger partial charge is 0.251 e. The molecule has 0 atom stereocenters. The number of carbonyl (C=O) groups is 2. The molecule has 6 nitrogen and oxygen atoms in total. The first-order valence-corrected chi connectivity index (χ1v) is 9.67. The van der Waals surface area contributed by atoms with Crippen LogP contribution in [0.25, 0.3) is 0 Å². The van der Waals surface area contributed by atoms with E-state index in [2.05, 4.69) is 5.32 Å². The summed E-state index contributed by atoms with van der Waals surface area (Å²) in [6, 6.07) is 5.47. The minimum atomic E-state index is -0.307. The largest absolute Gasteiger partial charge is 0.489 e. The second kappa shape index (κ2) is 8.73. The van der Waals surface area contributed by atoms with Crippen molar-refractivity contribution in [2.45, 2.75) is 50.7 Å². The van der Waals surface area contributed by atoms with E-state index in [9.17, 15) is 9.59 Å². The Balaban J connectivity index is 1.53. The first kappa shape index (κ1) is 19.0. The Morgan fingerprint density at radius 2 is 1.88 bits per heavy atom. The second-order valence-electron chi connectivity index (χ2n) is 7.16. The molecule has 3 rings (SSSR count). The Labute approximate surface area is 159 Å². The van der Waals surface area contributed by atoms with Gasteiger partial charge in [0.2, 0.25) is 5.91 Å². The number of benzene rings is 1. The van der Waals surface area contributed by atoms with Crippen LogP contribution in [0.4, 0.5) is 0 Å². The molecule has 1 saturated carbocycles. The number of nitrogens with two attached hydrogens (primary N) is 1. The number of nitrogens with one attached hydrogen (secondary N) is 1. The molecule has 0 spiro atoms. The van der Waals surface area contributed by atoms with E-state index in [0.717, 1.165) is 38.8 Å². The standard InChI is InChI=1S/C19H26ClN3O3/c20-16-11-13(19(25)22-14-3-1-2-4-14)5-6-17(16)26-15-7-9-23(10-8-15)12-18(21)24/h5-6,11,14-15H,1-4,7-10,12H2,(H2,21,24)(H,22,25). The lowest BCUT2D eigenvalue weighted by molar-refractivity contribution is -0.119. The first-order valence-electron chi connectivity index (χ1n) is 9.29. The summed E-state index contributed by atoms with van der Waals surface area (Å²) in [7, 11) is 0. The van der Waals surface area contributed by atoms with Crippen LogP contribution in [0.3, 0.4) is 0 Å². The molecule has 0 aromatic heterocycles. The molecule has 0 bridgehead atoms. The van der Waals surface area contributed by atoms with Gasteiger partial charge in [-0.2, -0.15) is 0 Å². The number of hydrogen-bond acceptors (Lipinski definition) is 4. The fraction of sp³-hybridized carbons (Fsp3) is 0.579. The van der Waals surface area contributed by atoms with Gasteiger partial charge in [-0.25, -0.2) is 0 Å². The predicted octanol–water partition coefficient (Wildman–Crippen LogP) is 2.34. The van der Waals surface area contributed by atoms with Gasteiger partial charge in [0.05, 0.1) is 11.6 Å². The summed E-state index contributed by atoms with van der Waals surface area (Å²) in [4.78, 5) is 25.3. The molecule has 7 heteroatoms. The van der Waals surface area contributed by atoms with E-state index in [-0.39, 0.29) is 30.5 Å². The third-order valence-electron chi connectivity index (χ3n) is 5.09. The maximum atomic E-state index is 12.3. The van der Waals surface area contributed by atoms with Crippen LogP contribution in [-0.4, -0.2) is 48.5 Å². The molecular weight excluding hydrogens is 354 g/mol. The zero-order chi connectivity index (χ0) is 18.5. The van der Waals surface area contributed by atoms with Gasteiger partial charge in [0.25, 0.3) is 5.91 Å². The van der Waals surface area contributed by atoms with Crippen molar-refractivity contribution >= 4 is 23.4 Å². The number of ether oxygens (including phenoxy) is 1. The van der Waals surface area contributed by atoms with Gasteiger partial charge >= 0.3 is 0 Å². The predicted molar refractivity (Wildman–Crippen MR) is 100 cm³/mol. The van der Waals surface area contributed by atoms with E-state index >= 15 is 0 Å². The van der Waals surface area contributed by atoms with Gasteiger partial charge in [0.15, 0.2) is 0 Å². The fourth-order valence-corrected chi connectivity index (χ4v) is 3.89. The van der Waals surface area contributed by atoms with Crippen LogP contribution < -0.4 is 15.8 Å². The van der Waals surface area contributed by atoms with E-state index < -0.39 is 0 Å². The van der Waals surface area contributed by atoms with E-state index in [0.29, 0.717) is 16.3 Å². The quantitative estimate of drug-likeness (QED) is 0.794. The lowest BCUT2D eigenvalue weighted by atomic mass is 10.1. The SMILES string of the molecule is NC(=O)CN1CCC(Oc2ccc(C(=O)NC3CCCC3)cc2Cl)CC1. The van der Waals surface area contributed by atoms with Crippen LogP contribution in [0.5, 0.6) is 5.75 Å². The first-order chi connectivity index (χ1) is 12.5. The van der Waals surface area contributed by atoms with Gasteiger partial charge in [-0.15, -0.1) is 0 Å². The van der Waals surface area contributed by atoms with E-state index in [1.54, 1.807) is 18.2 Å². The average molecular weight is 380 g/mol. The van der Waals surface area contributed by atoms with Crippen molar-refractivity contribution in [3.8, 4) is 5.75 Å². The van der Waals surface area contributed by atoms with Crippen LogP contribution in [0, 0.1) is 0 Å². The molecule has 0 radical (unpaired) electrons. The number of halogens is 1. The highest BCUT2D eigenvalue weighted by Gasteiger charge is 2.23. The summed E-state index contributed by atoms with van der Waals surface area (Å²) in [5.41, 5.74) is 5.79. The molecule has 2 aliphatic rings. The molecule has 2 amide bonds. The van der Waals surface area contributed by atoms with E-state index in [1.165, 1.54) is 12.8 Å². The number of rotatable bonds is 6. The highest BCUT2D eigenvalue weighted by molar-refractivity contribution is 6.32. The number of likely N-dealkylation sites (tertiary alicyclic amines) is 1. The van der Waals surface area contributed by atoms with Gasteiger partial charge in [-0.1, -0.05) is 24.4 Å². The van der Waals surface area contributed by atoms with Crippen molar-refractivity contribution in [2.75, 3.05) is 19.6 Å². The zero-order valence-electron chi connectivity index (χ0n) is 14.9. The van der Waals surface area contributed by atoms with Crippen molar-refractivity contribution in [2.24, 2.45) is 5.73 Å². The Hall–Kier alpha value is -1.79. The molecule has 2 fully saturated rings. The highest BCUT2D eigenvalue weighted by atomic mass is 35.5. The molecule has 26 heavy (non-hydrogen) atoms. The molecule has 1 aromatic rings. The minimum Gasteiger partial charge on any atom is -0.489 e. The molecule has 1 saturated heterocycles. The van der Waals surface area contributed by atoms with Crippen molar-refractivity contribution < 1.29 is 14.3 Å². The average Bonchev–Trinajstić information content (AvgIpc) is 3.11. The Bertz CT molecular complexity index is 653. The number of primary amides is 1. The van der Waals surface area contributed by atoms with Crippen LogP contribution in [0.2, 0.25) is 5.02 Å². The molecular formula is C19H26ClN3O3. The summed E-state index contributed by atoms with van der Waals surface area (Å²) >= 11 is 6.33. The third-order valence-corrected chi connectivity index (χ3v) is 5.39. The highest BCUT2D eigenvalue weighted by Crippen LogP contribution is 2.29. The van der Waals surface area contributed by atoms with Crippen molar-refractivity contribution in [3.05, 3.63) is 28.8 Å². The summed E-state index contributed by atoms with van der Waals surface area (Å²) in [5, 5.41) is 3.51. The Morgan fingerprint density at radius 1 is 1.19 bits per heavy atom. The fourth-order valence-electron chi connectivity index (χ4n) is 3.66. The summed E-state index contributed by atoms with van der Waals surface area (Å²) in [5.74, 6) is 0.210. The molecule has 1 aromatic carbocycles. The number of piperidine rings is 1. The molecule has 1 aliphatic carbocycles. The van der Waals surface area contributed by atoms with Gasteiger partial charge in [0, 0.05) is 24.7 Å². The number of nitrogens with zero attached hydrogens (tertiary/aromatic N) is 1. The van der Waals surface area contributed by atoms with Crippen molar-refractivity contribution in [3.63, 3.8) is 0 Å². The Morgan fingerprint density at radius 3 is 2.50 bits per heavy atom. The molecule has 1 aliphatic heterocycles. The lowest BCUT2D eigenvalue weighted by Gasteiger charge is -2.31. The molecule has 0 unspecified atom stereocenters. The van der Waals surface area contributed by atoms with Crippen LogP contribution in [-0.2, 0) is 4.79 Å². The maximum Gasteiger partial charge on any atom is 0.251 e. The van der Waals surface area contributed by atoms with Gasteiger partial charge < -0.3 is 15.8 Å². The minimum absolute atomic E-state index is 0.0507.